The summed E-state index contributed by atoms with van der Waals surface area (Å²) in [6, 6.07) is 2.96. The number of hydrogen-bond donors (Lipinski definition) is 4. The van der Waals surface area contributed by atoms with Crippen LogP contribution in [0.1, 0.15) is 36.7 Å². The number of carboxylic acids is 1. The molecule has 2 aromatic rings. The summed E-state index contributed by atoms with van der Waals surface area (Å²) in [5.74, 6) is -1.82. The number of nitrogens with two attached hydrogens (primary N) is 1. The van der Waals surface area contributed by atoms with E-state index in [1.807, 2.05) is 6.92 Å². The van der Waals surface area contributed by atoms with Crippen LogP contribution < -0.4 is 16.6 Å². The summed E-state index contributed by atoms with van der Waals surface area (Å²) in [5.41, 5.74) is 4.85. The molecule has 134 valence electrons. The van der Waals surface area contributed by atoms with Gasteiger partial charge >= 0.3 is 5.97 Å². The van der Waals surface area contributed by atoms with Crippen molar-refractivity contribution in [3.63, 3.8) is 0 Å². The van der Waals surface area contributed by atoms with Crippen LogP contribution in [0.25, 0.3) is 0 Å². The fraction of sp³-hybridized carbons (Fsp3) is 0.333. The molecule has 0 bridgehead atoms. The summed E-state index contributed by atoms with van der Waals surface area (Å²) in [5, 5.41) is 10.9. The molecule has 5 N–H and O–H groups in total. The number of hydrogen-bond acceptors (Lipinski definition) is 7. The number of furan rings is 1. The van der Waals surface area contributed by atoms with Crippen molar-refractivity contribution < 1.29 is 19.1 Å². The molecule has 0 aliphatic carbocycles. The molecule has 2 aromatic heterocycles. The second-order valence-corrected chi connectivity index (χ2v) is 6.34. The Balaban J connectivity index is 2.17. The van der Waals surface area contributed by atoms with E-state index in [1.165, 1.54) is 18.4 Å². The van der Waals surface area contributed by atoms with E-state index in [0.29, 0.717) is 6.42 Å². The maximum absolute atomic E-state index is 12.1. The third-order valence-electron chi connectivity index (χ3n) is 3.26. The van der Waals surface area contributed by atoms with Crippen LogP contribution in [-0.2, 0) is 4.79 Å². The first-order chi connectivity index (χ1) is 11.9. The normalized spacial score (nSPS) is 11.9. The molecular weight excluding hydrogens is 348 g/mol. The van der Waals surface area contributed by atoms with Crippen molar-refractivity contribution in [2.75, 3.05) is 11.1 Å². The first-order valence-electron chi connectivity index (χ1n) is 7.56. The molecule has 0 radical (unpaired) electrons. The summed E-state index contributed by atoms with van der Waals surface area (Å²) in [7, 11) is 0. The Morgan fingerprint density at radius 3 is 2.84 bits per heavy atom. The smallest absolute Gasteiger partial charge is 0.317 e. The highest BCUT2D eigenvalue weighted by Crippen LogP contribution is 2.25. The van der Waals surface area contributed by atoms with Crippen molar-refractivity contribution in [3.05, 3.63) is 34.5 Å². The van der Waals surface area contributed by atoms with Gasteiger partial charge in [-0.15, -0.1) is 0 Å². The van der Waals surface area contributed by atoms with Crippen LogP contribution in [-0.4, -0.2) is 32.2 Å². The molecule has 0 spiro atoms. The molecule has 1 atom stereocenters. The van der Waals surface area contributed by atoms with E-state index in [-0.39, 0.29) is 22.4 Å². The number of aromatic nitrogens is 2. The summed E-state index contributed by atoms with van der Waals surface area (Å²) in [6.45, 7) is 1.96. The summed E-state index contributed by atoms with van der Waals surface area (Å²) in [4.78, 5) is 41.8. The van der Waals surface area contributed by atoms with Gasteiger partial charge in [-0.05, 0) is 18.6 Å². The van der Waals surface area contributed by atoms with Crippen LogP contribution in [0.15, 0.2) is 32.8 Å². The van der Waals surface area contributed by atoms with Gasteiger partial charge in [-0.2, -0.15) is 0 Å². The van der Waals surface area contributed by atoms with Crippen LogP contribution in [0, 0.1) is 0 Å². The second-order valence-electron chi connectivity index (χ2n) is 5.15. The number of nitrogens with one attached hydrogen (secondary N) is 2. The number of thioether (sulfide) groups is 1. The summed E-state index contributed by atoms with van der Waals surface area (Å²) in [6.07, 6.45) is 3.36. The number of anilines is 2. The van der Waals surface area contributed by atoms with Crippen LogP contribution >= 0.6 is 11.8 Å². The molecule has 2 heterocycles. The highest BCUT2D eigenvalue weighted by atomic mass is 32.2. The molecular formula is C15H18N4O5S. The number of carbonyl (C=O) groups is 2. The average molecular weight is 366 g/mol. The Labute approximate surface area is 147 Å². The SMILES string of the molecule is CCCC[C@@H](Sc1nc(N)c(NC(=O)c2ccco2)c(=O)[nH]1)C(=O)O. The first kappa shape index (κ1) is 18.6. The van der Waals surface area contributed by atoms with Crippen molar-refractivity contribution in [2.45, 2.75) is 36.6 Å². The van der Waals surface area contributed by atoms with Crippen molar-refractivity contribution in [2.24, 2.45) is 0 Å². The highest BCUT2D eigenvalue weighted by Gasteiger charge is 2.21. The van der Waals surface area contributed by atoms with E-state index in [1.54, 1.807) is 0 Å². The highest BCUT2D eigenvalue weighted by molar-refractivity contribution is 8.00. The molecule has 2 rings (SSSR count). The Kier molecular flexibility index (Phi) is 6.23. The topological polar surface area (TPSA) is 151 Å². The van der Waals surface area contributed by atoms with Gasteiger partial charge in [-0.1, -0.05) is 31.5 Å². The molecule has 10 heteroatoms. The van der Waals surface area contributed by atoms with Gasteiger partial charge in [0.2, 0.25) is 0 Å². The number of carbonyl (C=O) groups excluding carboxylic acids is 1. The number of carboxylic acid groups (broad SMARTS) is 1. The van der Waals surface area contributed by atoms with E-state index < -0.39 is 22.7 Å². The minimum Gasteiger partial charge on any atom is -0.480 e. The van der Waals surface area contributed by atoms with Gasteiger partial charge in [-0.3, -0.25) is 19.4 Å². The molecule has 0 saturated carbocycles. The predicted molar refractivity (Wildman–Crippen MR) is 92.7 cm³/mol. The lowest BCUT2D eigenvalue weighted by Crippen LogP contribution is -2.24. The minimum atomic E-state index is -0.991. The first-order valence-corrected chi connectivity index (χ1v) is 8.44. The fourth-order valence-electron chi connectivity index (χ4n) is 1.99. The molecule has 0 saturated heterocycles. The van der Waals surface area contributed by atoms with Crippen LogP contribution in [0.5, 0.6) is 0 Å². The number of unbranched alkanes of at least 4 members (excludes halogenated alkanes) is 1. The van der Waals surface area contributed by atoms with E-state index in [2.05, 4.69) is 15.3 Å². The van der Waals surface area contributed by atoms with Gasteiger partial charge in [0.05, 0.1) is 6.26 Å². The number of aromatic amines is 1. The molecule has 9 nitrogen and oxygen atoms in total. The largest absolute Gasteiger partial charge is 0.480 e. The van der Waals surface area contributed by atoms with Crippen molar-refractivity contribution in [3.8, 4) is 0 Å². The Morgan fingerprint density at radius 1 is 1.52 bits per heavy atom. The Morgan fingerprint density at radius 2 is 2.28 bits per heavy atom. The zero-order valence-electron chi connectivity index (χ0n) is 13.4. The number of nitrogens with zero attached hydrogens (tertiary/aromatic N) is 1. The minimum absolute atomic E-state index is 0.0164. The van der Waals surface area contributed by atoms with Crippen LogP contribution in [0.3, 0.4) is 0 Å². The van der Waals surface area contributed by atoms with Gasteiger partial charge in [0.15, 0.2) is 22.4 Å². The molecule has 25 heavy (non-hydrogen) atoms. The molecule has 0 aliphatic heterocycles. The number of amides is 1. The maximum atomic E-state index is 12.1. The zero-order valence-corrected chi connectivity index (χ0v) is 14.3. The lowest BCUT2D eigenvalue weighted by Gasteiger charge is -2.12. The van der Waals surface area contributed by atoms with Gasteiger partial charge in [0, 0.05) is 0 Å². The number of nitrogen functional groups attached to an aromatic ring is 1. The predicted octanol–water partition coefficient (Wildman–Crippen LogP) is 1.93. The fourth-order valence-corrected chi connectivity index (χ4v) is 2.94. The standard InChI is InChI=1S/C15H18N4O5S/c1-2-3-6-9(14(22)23)25-15-18-11(16)10(13(21)19-15)17-12(20)8-5-4-7-24-8/h4-5,7,9H,2-3,6H2,1H3,(H,17,20)(H,22,23)(H3,16,18,19,21)/t9-/m1/s1. The molecule has 0 aromatic carbocycles. The zero-order chi connectivity index (χ0) is 18.4. The molecule has 1 amide bonds. The van der Waals surface area contributed by atoms with E-state index >= 15 is 0 Å². The van der Waals surface area contributed by atoms with Crippen LogP contribution in [0.2, 0.25) is 0 Å². The van der Waals surface area contributed by atoms with E-state index in [0.717, 1.165) is 24.6 Å². The van der Waals surface area contributed by atoms with Gasteiger partial charge in [0.25, 0.3) is 11.5 Å². The van der Waals surface area contributed by atoms with E-state index in [9.17, 15) is 19.5 Å². The van der Waals surface area contributed by atoms with Gasteiger partial charge < -0.3 is 20.6 Å². The van der Waals surface area contributed by atoms with Gasteiger partial charge in [0.1, 0.15) is 5.25 Å². The van der Waals surface area contributed by atoms with Crippen molar-refractivity contribution in [1.29, 1.82) is 0 Å². The quantitative estimate of drug-likeness (QED) is 0.408. The summed E-state index contributed by atoms with van der Waals surface area (Å²) >= 11 is 0.913. The third kappa shape index (κ3) is 4.86. The monoisotopic (exact) mass is 366 g/mol. The maximum Gasteiger partial charge on any atom is 0.317 e. The Hall–Kier alpha value is -2.75. The van der Waals surface area contributed by atoms with Crippen LogP contribution in [0.4, 0.5) is 11.5 Å². The Bertz CT molecular complexity index is 803. The van der Waals surface area contributed by atoms with Gasteiger partial charge in [-0.25, -0.2) is 4.98 Å². The molecule has 0 unspecified atom stereocenters. The lowest BCUT2D eigenvalue weighted by atomic mass is 10.2. The van der Waals surface area contributed by atoms with Crippen molar-refractivity contribution in [1.82, 2.24) is 9.97 Å². The third-order valence-corrected chi connectivity index (χ3v) is 4.40. The number of H-pyrrole nitrogens is 1. The second kappa shape index (κ2) is 8.38. The van der Waals surface area contributed by atoms with Crippen molar-refractivity contribution >= 4 is 35.1 Å². The average Bonchev–Trinajstić information content (AvgIpc) is 3.09. The number of rotatable bonds is 8. The number of aliphatic carboxylic acids is 1. The van der Waals surface area contributed by atoms with E-state index in [4.69, 9.17) is 10.2 Å². The molecule has 0 aliphatic rings. The lowest BCUT2D eigenvalue weighted by molar-refractivity contribution is -0.136. The molecule has 0 fully saturated rings. The summed E-state index contributed by atoms with van der Waals surface area (Å²) < 4.78 is 4.93.